The van der Waals surface area contributed by atoms with Crippen molar-refractivity contribution >= 4 is 21.7 Å². The van der Waals surface area contributed by atoms with E-state index in [1.807, 2.05) is 0 Å². The van der Waals surface area contributed by atoms with Crippen molar-refractivity contribution in [3.8, 4) is 11.5 Å². The summed E-state index contributed by atoms with van der Waals surface area (Å²) < 4.78 is 37.7. The van der Waals surface area contributed by atoms with Gasteiger partial charge in [0, 0.05) is 12.5 Å². The molecule has 24 heavy (non-hydrogen) atoms. The monoisotopic (exact) mass is 349 g/mol. The Bertz CT molecular complexity index is 861. The zero-order valence-corrected chi connectivity index (χ0v) is 13.4. The van der Waals surface area contributed by atoms with Crippen LogP contribution in [0.25, 0.3) is 0 Å². The highest BCUT2D eigenvalue weighted by Gasteiger charge is 2.18. The Morgan fingerprint density at radius 3 is 2.50 bits per heavy atom. The van der Waals surface area contributed by atoms with E-state index < -0.39 is 16.0 Å². The summed E-state index contributed by atoms with van der Waals surface area (Å²) in [6, 6.07) is 10.9. The van der Waals surface area contributed by atoms with Crippen LogP contribution in [0.5, 0.6) is 11.5 Å². The van der Waals surface area contributed by atoms with Crippen molar-refractivity contribution in [2.45, 2.75) is 17.7 Å². The Balaban J connectivity index is 1.74. The van der Waals surface area contributed by atoms with Crippen LogP contribution in [-0.4, -0.2) is 26.3 Å². The third kappa shape index (κ3) is 3.60. The molecule has 126 valence electrons. The lowest BCUT2D eigenvalue weighted by Crippen LogP contribution is -2.13. The molecule has 0 amide bonds. The fraction of sp³-hybridized carbons (Fsp3) is 0.188. The van der Waals surface area contributed by atoms with E-state index in [0.29, 0.717) is 23.6 Å². The second-order valence-electron chi connectivity index (χ2n) is 5.21. The quantitative estimate of drug-likeness (QED) is 0.829. The maximum Gasteiger partial charge on any atom is 0.303 e. The van der Waals surface area contributed by atoms with Gasteiger partial charge in [-0.15, -0.1) is 0 Å². The van der Waals surface area contributed by atoms with E-state index in [-0.39, 0.29) is 18.1 Å². The molecule has 0 fully saturated rings. The van der Waals surface area contributed by atoms with Gasteiger partial charge in [-0.05, 0) is 36.2 Å². The number of fused-ring (bicyclic) bond motifs is 1. The van der Waals surface area contributed by atoms with Gasteiger partial charge in [-0.3, -0.25) is 9.52 Å². The summed E-state index contributed by atoms with van der Waals surface area (Å²) in [6.07, 6.45) is 0.354. The molecule has 0 radical (unpaired) electrons. The highest BCUT2D eigenvalue weighted by Crippen LogP contribution is 2.34. The number of carbonyl (C=O) groups is 1. The average molecular weight is 349 g/mol. The number of aliphatic carboxylic acids is 1. The minimum absolute atomic E-state index is 0.00153. The van der Waals surface area contributed by atoms with E-state index in [1.165, 1.54) is 12.1 Å². The Kier molecular flexibility index (Phi) is 4.30. The molecule has 0 spiro atoms. The maximum atomic E-state index is 12.4. The third-order valence-electron chi connectivity index (χ3n) is 3.49. The first-order valence-corrected chi connectivity index (χ1v) is 8.65. The first kappa shape index (κ1) is 16.1. The van der Waals surface area contributed by atoms with E-state index in [4.69, 9.17) is 14.6 Å². The van der Waals surface area contributed by atoms with E-state index >= 15 is 0 Å². The van der Waals surface area contributed by atoms with Gasteiger partial charge in [0.05, 0.1) is 10.6 Å². The van der Waals surface area contributed by atoms with Gasteiger partial charge in [-0.2, -0.15) is 0 Å². The summed E-state index contributed by atoms with van der Waals surface area (Å²) in [4.78, 5) is 10.7. The molecular formula is C16H15NO6S. The van der Waals surface area contributed by atoms with E-state index in [9.17, 15) is 13.2 Å². The van der Waals surface area contributed by atoms with Crippen molar-refractivity contribution in [2.75, 3.05) is 11.5 Å². The van der Waals surface area contributed by atoms with Gasteiger partial charge in [-0.25, -0.2) is 8.42 Å². The predicted molar refractivity (Wildman–Crippen MR) is 85.8 cm³/mol. The normalized spacial score (nSPS) is 12.8. The first-order valence-electron chi connectivity index (χ1n) is 7.17. The summed E-state index contributed by atoms with van der Waals surface area (Å²) in [5.41, 5.74) is 1.13. The molecule has 0 unspecified atom stereocenters. The second kappa shape index (κ2) is 6.40. The van der Waals surface area contributed by atoms with Gasteiger partial charge in [0.2, 0.25) is 6.79 Å². The summed E-state index contributed by atoms with van der Waals surface area (Å²) in [5.74, 6) is 0.163. The third-order valence-corrected chi connectivity index (χ3v) is 4.88. The second-order valence-corrected chi connectivity index (χ2v) is 6.89. The lowest BCUT2D eigenvalue weighted by molar-refractivity contribution is -0.136. The fourth-order valence-corrected chi connectivity index (χ4v) is 3.31. The lowest BCUT2D eigenvalue weighted by atomic mass is 10.1. The van der Waals surface area contributed by atoms with Gasteiger partial charge in [0.25, 0.3) is 10.0 Å². The Hall–Kier alpha value is -2.74. The zero-order chi connectivity index (χ0) is 17.2. The maximum absolute atomic E-state index is 12.4. The Labute approximate surface area is 138 Å². The van der Waals surface area contributed by atoms with Crippen molar-refractivity contribution < 1.29 is 27.8 Å². The Morgan fingerprint density at radius 2 is 1.79 bits per heavy atom. The van der Waals surface area contributed by atoms with Gasteiger partial charge < -0.3 is 14.6 Å². The molecule has 0 aliphatic carbocycles. The van der Waals surface area contributed by atoms with Gasteiger partial charge in [0.15, 0.2) is 11.5 Å². The zero-order valence-electron chi connectivity index (χ0n) is 12.6. The van der Waals surface area contributed by atoms with Crippen LogP contribution in [0.2, 0.25) is 0 Å². The molecule has 0 atom stereocenters. The predicted octanol–water partition coefficient (Wildman–Crippen LogP) is 2.23. The summed E-state index contributed by atoms with van der Waals surface area (Å²) >= 11 is 0. The van der Waals surface area contributed by atoms with Crippen molar-refractivity contribution in [1.82, 2.24) is 0 Å². The molecule has 0 bridgehead atoms. The van der Waals surface area contributed by atoms with E-state index in [2.05, 4.69) is 4.72 Å². The topological polar surface area (TPSA) is 102 Å². The van der Waals surface area contributed by atoms with Crippen LogP contribution < -0.4 is 14.2 Å². The minimum atomic E-state index is -3.74. The molecule has 3 rings (SSSR count). The summed E-state index contributed by atoms with van der Waals surface area (Å²) in [6.45, 7) is 0.114. The molecule has 0 saturated carbocycles. The molecule has 7 nitrogen and oxygen atoms in total. The van der Waals surface area contributed by atoms with Gasteiger partial charge >= 0.3 is 5.97 Å². The lowest BCUT2D eigenvalue weighted by Gasteiger charge is -2.09. The molecule has 2 N–H and O–H groups in total. The van der Waals surface area contributed by atoms with Crippen molar-refractivity contribution in [2.24, 2.45) is 0 Å². The van der Waals surface area contributed by atoms with E-state index in [0.717, 1.165) is 5.56 Å². The number of rotatable bonds is 6. The van der Waals surface area contributed by atoms with Crippen LogP contribution in [0.3, 0.4) is 0 Å². The number of ether oxygens (including phenoxy) is 2. The molecule has 2 aromatic rings. The number of hydrogen-bond acceptors (Lipinski definition) is 5. The molecule has 0 saturated heterocycles. The summed E-state index contributed by atoms with van der Waals surface area (Å²) in [7, 11) is -3.74. The van der Waals surface area contributed by atoms with Crippen molar-refractivity contribution in [3.63, 3.8) is 0 Å². The molecule has 0 aromatic heterocycles. The Morgan fingerprint density at radius 1 is 1.08 bits per heavy atom. The number of carboxylic acid groups (broad SMARTS) is 1. The van der Waals surface area contributed by atoms with Crippen molar-refractivity contribution in [1.29, 1.82) is 0 Å². The standard InChI is InChI=1S/C16H15NO6S/c18-16(19)8-3-11-1-5-13(6-2-11)24(20,21)17-12-4-7-14-15(9-12)23-10-22-14/h1-2,4-7,9,17H,3,8,10H2,(H,18,19). The number of sulfonamides is 1. The molecule has 1 aliphatic heterocycles. The largest absolute Gasteiger partial charge is 0.481 e. The number of anilines is 1. The fourth-order valence-electron chi connectivity index (χ4n) is 2.26. The number of aryl methyl sites for hydroxylation is 1. The van der Waals surface area contributed by atoms with Gasteiger partial charge in [0.1, 0.15) is 0 Å². The highest BCUT2D eigenvalue weighted by atomic mass is 32.2. The summed E-state index contributed by atoms with van der Waals surface area (Å²) in [5, 5.41) is 8.66. The van der Waals surface area contributed by atoms with Crippen LogP contribution in [0.15, 0.2) is 47.4 Å². The van der Waals surface area contributed by atoms with E-state index in [1.54, 1.807) is 30.3 Å². The SMILES string of the molecule is O=C(O)CCc1ccc(S(=O)(=O)Nc2ccc3c(c2)OCO3)cc1. The first-order chi connectivity index (χ1) is 11.4. The molecule has 1 aliphatic rings. The highest BCUT2D eigenvalue weighted by molar-refractivity contribution is 7.92. The van der Waals surface area contributed by atoms with Crippen LogP contribution in [0, 0.1) is 0 Å². The van der Waals surface area contributed by atoms with Crippen LogP contribution in [0.1, 0.15) is 12.0 Å². The van der Waals surface area contributed by atoms with Gasteiger partial charge in [-0.1, -0.05) is 12.1 Å². The number of nitrogens with one attached hydrogen (secondary N) is 1. The molecular weight excluding hydrogens is 334 g/mol. The number of benzene rings is 2. The number of carboxylic acids is 1. The molecule has 2 aromatic carbocycles. The van der Waals surface area contributed by atoms with Crippen LogP contribution in [0.4, 0.5) is 5.69 Å². The average Bonchev–Trinajstić information content (AvgIpc) is 3.00. The van der Waals surface area contributed by atoms with Crippen LogP contribution >= 0.6 is 0 Å². The van der Waals surface area contributed by atoms with Crippen molar-refractivity contribution in [3.05, 3.63) is 48.0 Å². The number of hydrogen-bond donors (Lipinski definition) is 2. The molecule has 8 heteroatoms. The molecule has 1 heterocycles. The van der Waals surface area contributed by atoms with Crippen LogP contribution in [-0.2, 0) is 21.2 Å². The smallest absolute Gasteiger partial charge is 0.303 e. The minimum Gasteiger partial charge on any atom is -0.481 e.